The number of rotatable bonds is 5. The zero-order chi connectivity index (χ0) is 16.9. The molecule has 122 valence electrons. The molecule has 2 N–H and O–H groups in total. The summed E-state index contributed by atoms with van der Waals surface area (Å²) in [5.41, 5.74) is 2.43. The maximum atomic E-state index is 14.9. The number of halogens is 1. The van der Waals surface area contributed by atoms with Crippen LogP contribution in [0.25, 0.3) is 22.3 Å². The van der Waals surface area contributed by atoms with E-state index in [1.807, 2.05) is 43.3 Å². The lowest BCUT2D eigenvalue weighted by molar-refractivity contribution is 0.281. The van der Waals surface area contributed by atoms with Gasteiger partial charge in [-0.1, -0.05) is 48.5 Å². The van der Waals surface area contributed by atoms with Crippen LogP contribution in [0.15, 0.2) is 60.9 Å². The van der Waals surface area contributed by atoms with Gasteiger partial charge >= 0.3 is 0 Å². The number of aliphatic hydroxyl groups is 1. The van der Waals surface area contributed by atoms with Crippen LogP contribution in [0.2, 0.25) is 0 Å². The Balaban J connectivity index is 1.93. The number of hydrogen-bond acceptors (Lipinski definition) is 4. The highest BCUT2D eigenvalue weighted by molar-refractivity contribution is 5.73. The van der Waals surface area contributed by atoms with E-state index in [0.717, 1.165) is 5.56 Å². The van der Waals surface area contributed by atoms with Gasteiger partial charge in [-0.05, 0) is 12.5 Å². The molecule has 0 aliphatic heterocycles. The summed E-state index contributed by atoms with van der Waals surface area (Å²) in [4.78, 5) is 8.37. The molecule has 0 radical (unpaired) electrons. The second kappa shape index (κ2) is 7.19. The van der Waals surface area contributed by atoms with Crippen LogP contribution in [0.1, 0.15) is 6.92 Å². The lowest BCUT2D eigenvalue weighted by Gasteiger charge is -2.11. The summed E-state index contributed by atoms with van der Waals surface area (Å²) in [5, 5.41) is 12.0. The molecule has 0 aliphatic carbocycles. The standard InChI is InChI=1S/C19H18FN3O/c1-13(12-24)23-19-21-10-15(11-22-19)17-9-5-8-16(18(17)20)14-6-3-2-4-7-14/h2-11,13,24H,12H2,1H3,(H,21,22,23)/t13-/m1/s1. The Kier molecular flexibility index (Phi) is 4.82. The minimum atomic E-state index is -0.295. The van der Waals surface area contributed by atoms with Gasteiger partial charge in [0.1, 0.15) is 5.82 Å². The van der Waals surface area contributed by atoms with Crippen LogP contribution in [0.5, 0.6) is 0 Å². The van der Waals surface area contributed by atoms with E-state index >= 15 is 0 Å². The molecule has 0 unspecified atom stereocenters. The van der Waals surface area contributed by atoms with E-state index in [4.69, 9.17) is 5.11 Å². The first-order valence-electron chi connectivity index (χ1n) is 7.73. The molecule has 0 spiro atoms. The first-order valence-corrected chi connectivity index (χ1v) is 7.73. The van der Waals surface area contributed by atoms with Crippen molar-refractivity contribution < 1.29 is 9.50 Å². The molecule has 0 amide bonds. The fraction of sp³-hybridized carbons (Fsp3) is 0.158. The van der Waals surface area contributed by atoms with E-state index in [2.05, 4.69) is 15.3 Å². The third-order valence-electron chi connectivity index (χ3n) is 3.70. The Morgan fingerprint density at radius 3 is 2.21 bits per heavy atom. The van der Waals surface area contributed by atoms with Crippen LogP contribution in [-0.2, 0) is 0 Å². The zero-order valence-corrected chi connectivity index (χ0v) is 13.3. The number of nitrogens with one attached hydrogen (secondary N) is 1. The third-order valence-corrected chi connectivity index (χ3v) is 3.70. The number of benzene rings is 2. The lowest BCUT2D eigenvalue weighted by atomic mass is 9.99. The van der Waals surface area contributed by atoms with Crippen LogP contribution in [-0.4, -0.2) is 27.7 Å². The van der Waals surface area contributed by atoms with Gasteiger partial charge in [0.15, 0.2) is 0 Å². The summed E-state index contributed by atoms with van der Waals surface area (Å²) in [7, 11) is 0. The Labute approximate surface area is 140 Å². The van der Waals surface area contributed by atoms with E-state index in [0.29, 0.717) is 22.6 Å². The fourth-order valence-corrected chi connectivity index (χ4v) is 2.40. The summed E-state index contributed by atoms with van der Waals surface area (Å²) >= 11 is 0. The van der Waals surface area contributed by atoms with Crippen molar-refractivity contribution in [2.45, 2.75) is 13.0 Å². The van der Waals surface area contributed by atoms with E-state index in [1.165, 1.54) is 0 Å². The first-order chi connectivity index (χ1) is 11.7. The highest BCUT2D eigenvalue weighted by Gasteiger charge is 2.12. The average Bonchev–Trinajstić information content (AvgIpc) is 2.63. The molecular formula is C19H18FN3O. The molecule has 1 aromatic heterocycles. The van der Waals surface area contributed by atoms with Crippen LogP contribution >= 0.6 is 0 Å². The van der Waals surface area contributed by atoms with Crippen LogP contribution in [0.4, 0.5) is 10.3 Å². The Bertz CT molecular complexity index is 807. The van der Waals surface area contributed by atoms with Gasteiger partial charge in [-0.15, -0.1) is 0 Å². The highest BCUT2D eigenvalue weighted by Crippen LogP contribution is 2.30. The fourth-order valence-electron chi connectivity index (χ4n) is 2.40. The van der Waals surface area contributed by atoms with Gasteiger partial charge in [0.05, 0.1) is 6.61 Å². The molecule has 24 heavy (non-hydrogen) atoms. The van der Waals surface area contributed by atoms with Crippen molar-refractivity contribution in [3.8, 4) is 22.3 Å². The number of hydrogen-bond donors (Lipinski definition) is 2. The molecule has 5 heteroatoms. The Morgan fingerprint density at radius 2 is 1.58 bits per heavy atom. The number of aromatic nitrogens is 2. The summed E-state index contributed by atoms with van der Waals surface area (Å²) < 4.78 is 14.9. The van der Waals surface area contributed by atoms with Crippen molar-refractivity contribution in [1.29, 1.82) is 0 Å². The van der Waals surface area contributed by atoms with Crippen molar-refractivity contribution in [2.24, 2.45) is 0 Å². The summed E-state index contributed by atoms with van der Waals surface area (Å²) in [6, 6.07) is 14.6. The quantitative estimate of drug-likeness (QED) is 0.751. The normalized spacial score (nSPS) is 12.0. The minimum Gasteiger partial charge on any atom is -0.394 e. The predicted octanol–water partition coefficient (Wildman–Crippen LogP) is 3.74. The molecule has 0 fully saturated rings. The molecule has 0 saturated heterocycles. The zero-order valence-electron chi connectivity index (χ0n) is 13.3. The van der Waals surface area contributed by atoms with E-state index in [-0.39, 0.29) is 18.5 Å². The predicted molar refractivity (Wildman–Crippen MR) is 93.0 cm³/mol. The van der Waals surface area contributed by atoms with Gasteiger partial charge in [0.2, 0.25) is 5.95 Å². The Hall–Kier alpha value is -2.79. The van der Waals surface area contributed by atoms with Gasteiger partial charge in [-0.2, -0.15) is 0 Å². The van der Waals surface area contributed by atoms with Crippen molar-refractivity contribution in [3.05, 3.63) is 66.7 Å². The van der Waals surface area contributed by atoms with E-state index in [9.17, 15) is 4.39 Å². The molecule has 4 nitrogen and oxygen atoms in total. The molecule has 0 bridgehead atoms. The lowest BCUT2D eigenvalue weighted by Crippen LogP contribution is -2.20. The monoisotopic (exact) mass is 323 g/mol. The minimum absolute atomic E-state index is 0.0150. The number of nitrogens with zero attached hydrogens (tertiary/aromatic N) is 2. The maximum absolute atomic E-state index is 14.9. The molecule has 3 aromatic rings. The average molecular weight is 323 g/mol. The van der Waals surface area contributed by atoms with Crippen LogP contribution in [0.3, 0.4) is 0 Å². The SMILES string of the molecule is C[C@H](CO)Nc1ncc(-c2cccc(-c3ccccc3)c2F)cn1. The second-order valence-corrected chi connectivity index (χ2v) is 5.56. The van der Waals surface area contributed by atoms with Crippen molar-refractivity contribution in [3.63, 3.8) is 0 Å². The summed E-state index contributed by atoms with van der Waals surface area (Å²) in [6.45, 7) is 1.80. The molecule has 1 atom stereocenters. The van der Waals surface area contributed by atoms with E-state index < -0.39 is 0 Å². The van der Waals surface area contributed by atoms with Gasteiger partial charge < -0.3 is 10.4 Å². The third kappa shape index (κ3) is 3.41. The van der Waals surface area contributed by atoms with Gasteiger partial charge in [0, 0.05) is 35.1 Å². The number of aliphatic hydroxyl groups excluding tert-OH is 1. The molecule has 2 aromatic carbocycles. The largest absolute Gasteiger partial charge is 0.394 e. The Morgan fingerprint density at radius 1 is 0.958 bits per heavy atom. The van der Waals surface area contributed by atoms with Gasteiger partial charge in [0.25, 0.3) is 0 Å². The molecule has 3 rings (SSSR count). The topological polar surface area (TPSA) is 58.0 Å². The van der Waals surface area contributed by atoms with Gasteiger partial charge in [-0.25, -0.2) is 14.4 Å². The summed E-state index contributed by atoms with van der Waals surface area (Å²) in [5.74, 6) is 0.108. The van der Waals surface area contributed by atoms with Gasteiger partial charge in [-0.3, -0.25) is 0 Å². The van der Waals surface area contributed by atoms with E-state index in [1.54, 1.807) is 24.5 Å². The van der Waals surface area contributed by atoms with Crippen LogP contribution < -0.4 is 5.32 Å². The molecule has 1 heterocycles. The maximum Gasteiger partial charge on any atom is 0.222 e. The first kappa shape index (κ1) is 16.1. The number of anilines is 1. The molecular weight excluding hydrogens is 305 g/mol. The van der Waals surface area contributed by atoms with Crippen molar-refractivity contribution in [1.82, 2.24) is 9.97 Å². The second-order valence-electron chi connectivity index (χ2n) is 5.56. The molecule has 0 aliphatic rings. The van der Waals surface area contributed by atoms with Crippen molar-refractivity contribution in [2.75, 3.05) is 11.9 Å². The van der Waals surface area contributed by atoms with Crippen molar-refractivity contribution >= 4 is 5.95 Å². The molecule has 0 saturated carbocycles. The summed E-state index contributed by atoms with van der Waals surface area (Å²) in [6.07, 6.45) is 3.15. The smallest absolute Gasteiger partial charge is 0.222 e. The highest BCUT2D eigenvalue weighted by atomic mass is 19.1. The van der Waals surface area contributed by atoms with Crippen LogP contribution in [0, 0.1) is 5.82 Å².